The number of pyridine rings is 1. The fourth-order valence-corrected chi connectivity index (χ4v) is 4.21. The van der Waals surface area contributed by atoms with Crippen LogP contribution in [0.3, 0.4) is 0 Å². The molecule has 0 fully saturated rings. The number of anilines is 1. The molecule has 7 heteroatoms. The van der Waals surface area contributed by atoms with Gasteiger partial charge in [-0.2, -0.15) is 4.52 Å². The molecule has 0 atom stereocenters. The molecule has 4 heterocycles. The van der Waals surface area contributed by atoms with Gasteiger partial charge in [0.05, 0.1) is 0 Å². The van der Waals surface area contributed by atoms with Gasteiger partial charge < -0.3 is 4.90 Å². The number of rotatable bonds is 2. The Morgan fingerprint density at radius 2 is 1.87 bits per heavy atom. The second-order valence-corrected chi connectivity index (χ2v) is 8.12. The van der Waals surface area contributed by atoms with E-state index < -0.39 is 0 Å². The molecule has 156 valence electrons. The van der Waals surface area contributed by atoms with E-state index in [9.17, 15) is 9.18 Å². The normalized spacial score (nSPS) is 13.5. The Balaban J connectivity index is 1.54. The molecule has 6 nitrogen and oxygen atoms in total. The molecule has 0 radical (unpaired) electrons. The first-order valence-electron chi connectivity index (χ1n) is 10.3. The SMILES string of the molecule is Cc1cc(=O)n2nc(N3CCc4ncc(-c5cc(F)ccc5C)cc4C3)c(C)cc2n1. The molecule has 1 aromatic carbocycles. The molecule has 31 heavy (non-hydrogen) atoms. The lowest BCUT2D eigenvalue weighted by Crippen LogP contribution is -2.33. The number of aryl methyl sites for hydroxylation is 3. The van der Waals surface area contributed by atoms with Crippen molar-refractivity contribution in [2.24, 2.45) is 0 Å². The summed E-state index contributed by atoms with van der Waals surface area (Å²) in [5.74, 6) is 0.503. The third kappa shape index (κ3) is 3.46. The number of hydrogen-bond donors (Lipinski definition) is 0. The van der Waals surface area contributed by atoms with Crippen LogP contribution in [0.15, 0.2) is 47.4 Å². The largest absolute Gasteiger partial charge is 0.350 e. The summed E-state index contributed by atoms with van der Waals surface area (Å²) in [4.78, 5) is 23.6. The highest BCUT2D eigenvalue weighted by Crippen LogP contribution is 2.29. The minimum Gasteiger partial charge on any atom is -0.350 e. The van der Waals surface area contributed by atoms with Crippen LogP contribution in [0.4, 0.5) is 10.2 Å². The summed E-state index contributed by atoms with van der Waals surface area (Å²) < 4.78 is 15.2. The number of benzene rings is 1. The quantitative estimate of drug-likeness (QED) is 0.499. The molecule has 0 bridgehead atoms. The second kappa shape index (κ2) is 7.27. The van der Waals surface area contributed by atoms with E-state index in [2.05, 4.69) is 26.0 Å². The maximum absolute atomic E-state index is 13.8. The van der Waals surface area contributed by atoms with Gasteiger partial charge in [-0.05, 0) is 67.3 Å². The van der Waals surface area contributed by atoms with Crippen LogP contribution in [0.25, 0.3) is 16.8 Å². The van der Waals surface area contributed by atoms with E-state index in [1.165, 1.54) is 16.6 Å². The highest BCUT2D eigenvalue weighted by Gasteiger charge is 2.22. The topological polar surface area (TPSA) is 63.4 Å². The molecule has 0 saturated heterocycles. The molecular weight excluding hydrogens is 393 g/mol. The van der Waals surface area contributed by atoms with Crippen molar-refractivity contribution in [2.45, 2.75) is 33.7 Å². The van der Waals surface area contributed by atoms with Crippen LogP contribution in [0.1, 0.15) is 28.1 Å². The summed E-state index contributed by atoms with van der Waals surface area (Å²) in [5, 5.41) is 4.62. The Morgan fingerprint density at radius 1 is 1.03 bits per heavy atom. The number of aromatic nitrogens is 4. The van der Waals surface area contributed by atoms with Crippen molar-refractivity contribution in [3.63, 3.8) is 0 Å². The number of nitrogens with zero attached hydrogens (tertiary/aromatic N) is 5. The lowest BCUT2D eigenvalue weighted by Gasteiger charge is -2.30. The van der Waals surface area contributed by atoms with Gasteiger partial charge in [0.1, 0.15) is 5.82 Å². The molecule has 0 unspecified atom stereocenters. The Labute approximate surface area is 179 Å². The van der Waals surface area contributed by atoms with Gasteiger partial charge in [-0.25, -0.2) is 9.37 Å². The molecule has 0 saturated carbocycles. The van der Waals surface area contributed by atoms with E-state index in [0.29, 0.717) is 17.9 Å². The lowest BCUT2D eigenvalue weighted by atomic mass is 9.97. The minimum absolute atomic E-state index is 0.188. The van der Waals surface area contributed by atoms with Gasteiger partial charge in [0, 0.05) is 48.7 Å². The van der Waals surface area contributed by atoms with Crippen LogP contribution >= 0.6 is 0 Å². The molecular formula is C24H22FN5O. The average molecular weight is 415 g/mol. The number of halogens is 1. The van der Waals surface area contributed by atoms with Gasteiger partial charge in [-0.3, -0.25) is 9.78 Å². The fraction of sp³-hybridized carbons (Fsp3) is 0.250. The summed E-state index contributed by atoms with van der Waals surface area (Å²) in [5.41, 5.74) is 6.89. The van der Waals surface area contributed by atoms with Gasteiger partial charge in [0.25, 0.3) is 5.56 Å². The standard InChI is InChI=1S/C24H22FN5O/c1-14-4-5-19(25)11-20(14)17-10-18-13-29(7-6-21(18)26-12-17)24-15(2)8-22-27-16(3)9-23(31)30(22)28-24/h4-5,8-12H,6-7,13H2,1-3H3. The molecule has 3 aromatic heterocycles. The van der Waals surface area contributed by atoms with E-state index in [1.807, 2.05) is 26.1 Å². The fourth-order valence-electron chi connectivity index (χ4n) is 4.21. The van der Waals surface area contributed by atoms with Gasteiger partial charge in [0.15, 0.2) is 11.5 Å². The van der Waals surface area contributed by atoms with Gasteiger partial charge in [-0.1, -0.05) is 6.07 Å². The highest BCUT2D eigenvalue weighted by atomic mass is 19.1. The lowest BCUT2D eigenvalue weighted by molar-refractivity contribution is 0.628. The van der Waals surface area contributed by atoms with Crippen LogP contribution in [-0.2, 0) is 13.0 Å². The molecule has 0 N–H and O–H groups in total. The van der Waals surface area contributed by atoms with Gasteiger partial charge in [-0.15, -0.1) is 5.10 Å². The summed E-state index contributed by atoms with van der Waals surface area (Å²) in [6.07, 6.45) is 2.60. The van der Waals surface area contributed by atoms with Crippen molar-refractivity contribution < 1.29 is 4.39 Å². The van der Waals surface area contributed by atoms with Crippen LogP contribution in [0.5, 0.6) is 0 Å². The average Bonchev–Trinajstić information content (AvgIpc) is 2.74. The Morgan fingerprint density at radius 3 is 2.71 bits per heavy atom. The van der Waals surface area contributed by atoms with Crippen molar-refractivity contribution >= 4 is 11.5 Å². The number of fused-ring (bicyclic) bond motifs is 2. The molecule has 0 aliphatic carbocycles. The summed E-state index contributed by atoms with van der Waals surface area (Å²) in [6, 6.07) is 10.3. The first-order valence-corrected chi connectivity index (χ1v) is 10.3. The van der Waals surface area contributed by atoms with Crippen LogP contribution < -0.4 is 10.5 Å². The smallest absolute Gasteiger partial charge is 0.274 e. The van der Waals surface area contributed by atoms with E-state index >= 15 is 0 Å². The van der Waals surface area contributed by atoms with Crippen molar-refractivity contribution in [3.8, 4) is 11.1 Å². The minimum atomic E-state index is -0.259. The molecule has 5 rings (SSSR count). The molecule has 4 aromatic rings. The van der Waals surface area contributed by atoms with Crippen LogP contribution in [0.2, 0.25) is 0 Å². The maximum atomic E-state index is 13.8. The third-order valence-electron chi connectivity index (χ3n) is 5.79. The summed E-state index contributed by atoms with van der Waals surface area (Å²) in [7, 11) is 0. The van der Waals surface area contributed by atoms with Crippen molar-refractivity contribution in [3.05, 3.63) is 86.8 Å². The van der Waals surface area contributed by atoms with E-state index in [4.69, 9.17) is 0 Å². The second-order valence-electron chi connectivity index (χ2n) is 8.12. The summed E-state index contributed by atoms with van der Waals surface area (Å²) in [6.45, 7) is 7.13. The Hall–Kier alpha value is -3.61. The molecule has 0 amide bonds. The van der Waals surface area contributed by atoms with Gasteiger partial charge >= 0.3 is 0 Å². The van der Waals surface area contributed by atoms with Crippen molar-refractivity contribution in [1.29, 1.82) is 0 Å². The van der Waals surface area contributed by atoms with E-state index in [0.717, 1.165) is 52.3 Å². The number of hydrogen-bond acceptors (Lipinski definition) is 5. The van der Waals surface area contributed by atoms with Crippen molar-refractivity contribution in [2.75, 3.05) is 11.4 Å². The van der Waals surface area contributed by atoms with Gasteiger partial charge in [0.2, 0.25) is 0 Å². The van der Waals surface area contributed by atoms with E-state index in [1.54, 1.807) is 19.1 Å². The zero-order valence-corrected chi connectivity index (χ0v) is 17.7. The Bertz CT molecular complexity index is 1400. The van der Waals surface area contributed by atoms with E-state index in [-0.39, 0.29) is 11.4 Å². The predicted molar refractivity (Wildman–Crippen MR) is 118 cm³/mol. The van der Waals surface area contributed by atoms with Crippen LogP contribution in [-0.4, -0.2) is 26.1 Å². The highest BCUT2D eigenvalue weighted by molar-refractivity contribution is 5.67. The Kier molecular flexibility index (Phi) is 4.54. The molecule has 1 aliphatic heterocycles. The first-order chi connectivity index (χ1) is 14.9. The summed E-state index contributed by atoms with van der Waals surface area (Å²) >= 11 is 0. The maximum Gasteiger partial charge on any atom is 0.274 e. The monoisotopic (exact) mass is 415 g/mol. The van der Waals surface area contributed by atoms with Crippen molar-refractivity contribution in [1.82, 2.24) is 19.6 Å². The van der Waals surface area contributed by atoms with Crippen LogP contribution in [0, 0.1) is 26.6 Å². The molecule has 0 spiro atoms. The zero-order chi connectivity index (χ0) is 21.7. The zero-order valence-electron chi connectivity index (χ0n) is 17.7. The third-order valence-corrected chi connectivity index (χ3v) is 5.79. The first kappa shape index (κ1) is 19.4. The predicted octanol–water partition coefficient (Wildman–Crippen LogP) is 3.78. The molecule has 1 aliphatic rings.